The maximum absolute atomic E-state index is 12.2. The summed E-state index contributed by atoms with van der Waals surface area (Å²) in [5.41, 5.74) is 2.49. The summed E-state index contributed by atoms with van der Waals surface area (Å²) in [7, 11) is 0. The number of carbonyl (C=O) groups is 1. The van der Waals surface area contributed by atoms with Crippen LogP contribution >= 0.6 is 0 Å². The van der Waals surface area contributed by atoms with E-state index in [1.807, 2.05) is 60.7 Å². The zero-order valence-electron chi connectivity index (χ0n) is 13.3. The first-order chi connectivity index (χ1) is 12.3. The number of fused-ring (bicyclic) bond motifs is 1. The molecular weight excluding hydrogens is 316 g/mol. The van der Waals surface area contributed by atoms with Crippen LogP contribution in [0.2, 0.25) is 0 Å². The lowest BCUT2D eigenvalue weighted by Gasteiger charge is -2.03. The van der Waals surface area contributed by atoms with Gasteiger partial charge < -0.3 is 9.26 Å². The first-order valence-corrected chi connectivity index (χ1v) is 7.83. The lowest BCUT2D eigenvalue weighted by molar-refractivity contribution is 0.0458. The molecule has 0 atom stereocenters. The first-order valence-electron chi connectivity index (χ1n) is 7.83. The molecule has 0 saturated carbocycles. The third-order valence-electron chi connectivity index (χ3n) is 3.78. The molecule has 5 nitrogen and oxygen atoms in total. The lowest BCUT2D eigenvalue weighted by Crippen LogP contribution is -2.07. The molecule has 0 N–H and O–H groups in total. The largest absolute Gasteiger partial charge is 0.454 e. The molecule has 5 heteroatoms. The monoisotopic (exact) mass is 330 g/mol. The Hall–Kier alpha value is -3.47. The second kappa shape index (κ2) is 6.57. The molecule has 0 bridgehead atoms. The summed E-state index contributed by atoms with van der Waals surface area (Å²) in [6, 6.07) is 22.5. The Morgan fingerprint density at radius 1 is 0.960 bits per heavy atom. The molecule has 2 heterocycles. The Bertz CT molecular complexity index is 1030. The van der Waals surface area contributed by atoms with Gasteiger partial charge in [0.05, 0.1) is 5.52 Å². The minimum absolute atomic E-state index is 0.0314. The molecular formula is C20H14N2O3. The zero-order chi connectivity index (χ0) is 17.1. The number of hydrogen-bond acceptors (Lipinski definition) is 5. The molecule has 0 radical (unpaired) electrons. The van der Waals surface area contributed by atoms with Gasteiger partial charge in [0.15, 0.2) is 5.76 Å². The molecule has 122 valence electrons. The zero-order valence-corrected chi connectivity index (χ0v) is 13.3. The normalized spacial score (nSPS) is 10.7. The fourth-order valence-electron chi connectivity index (χ4n) is 2.51. The molecule has 0 saturated heterocycles. The van der Waals surface area contributed by atoms with Crippen LogP contribution in [0, 0.1) is 0 Å². The highest BCUT2D eigenvalue weighted by Crippen LogP contribution is 2.20. The van der Waals surface area contributed by atoms with Crippen molar-refractivity contribution >= 4 is 16.9 Å². The van der Waals surface area contributed by atoms with Crippen molar-refractivity contribution in [2.45, 2.75) is 6.61 Å². The topological polar surface area (TPSA) is 65.2 Å². The Labute approximate surface area is 143 Å². The average Bonchev–Trinajstić information content (AvgIpc) is 3.15. The molecule has 0 amide bonds. The molecule has 4 rings (SSSR count). The minimum atomic E-state index is -0.491. The number of nitrogens with zero attached hydrogens (tertiary/aromatic N) is 2. The summed E-state index contributed by atoms with van der Waals surface area (Å²) >= 11 is 0. The molecule has 0 aliphatic rings. The highest BCUT2D eigenvalue weighted by Gasteiger charge is 2.12. The van der Waals surface area contributed by atoms with Gasteiger partial charge in [-0.3, -0.25) is 0 Å². The second-order valence-electron chi connectivity index (χ2n) is 5.51. The van der Waals surface area contributed by atoms with Crippen molar-refractivity contribution in [3.8, 4) is 11.3 Å². The molecule has 0 fully saturated rings. The summed E-state index contributed by atoms with van der Waals surface area (Å²) < 4.78 is 10.6. The van der Waals surface area contributed by atoms with Crippen molar-refractivity contribution < 1.29 is 14.1 Å². The van der Waals surface area contributed by atoms with Crippen LogP contribution < -0.4 is 0 Å². The van der Waals surface area contributed by atoms with Gasteiger partial charge in [-0.1, -0.05) is 59.8 Å². The number of pyridine rings is 1. The Balaban J connectivity index is 1.45. The summed E-state index contributed by atoms with van der Waals surface area (Å²) in [6.45, 7) is 0.0314. The molecule has 0 aliphatic carbocycles. The Morgan fingerprint density at radius 2 is 1.76 bits per heavy atom. The van der Waals surface area contributed by atoms with Crippen molar-refractivity contribution in [2.24, 2.45) is 0 Å². The lowest BCUT2D eigenvalue weighted by atomic mass is 10.2. The maximum Gasteiger partial charge on any atom is 0.357 e. The van der Waals surface area contributed by atoms with Crippen LogP contribution in [0.3, 0.4) is 0 Å². The van der Waals surface area contributed by atoms with Crippen LogP contribution in [0.4, 0.5) is 0 Å². The van der Waals surface area contributed by atoms with Gasteiger partial charge in [0, 0.05) is 17.0 Å². The fourth-order valence-corrected chi connectivity index (χ4v) is 2.51. The van der Waals surface area contributed by atoms with Crippen molar-refractivity contribution in [2.75, 3.05) is 0 Å². The van der Waals surface area contributed by atoms with E-state index in [2.05, 4.69) is 10.1 Å². The molecule has 0 aliphatic heterocycles. The van der Waals surface area contributed by atoms with Gasteiger partial charge in [0.1, 0.15) is 18.0 Å². The SMILES string of the molecule is O=C(OCc1cc(-c2ccccc2)on1)c1ccc2ccccc2n1. The third-order valence-corrected chi connectivity index (χ3v) is 3.78. The van der Waals surface area contributed by atoms with Gasteiger partial charge in [0.25, 0.3) is 0 Å². The predicted molar refractivity (Wildman–Crippen MR) is 92.8 cm³/mol. The highest BCUT2D eigenvalue weighted by atomic mass is 16.5. The number of hydrogen-bond donors (Lipinski definition) is 0. The summed E-state index contributed by atoms with van der Waals surface area (Å²) in [5.74, 6) is 0.144. The summed E-state index contributed by atoms with van der Waals surface area (Å²) in [5, 5.41) is 4.91. The molecule has 0 unspecified atom stereocenters. The van der Waals surface area contributed by atoms with Crippen molar-refractivity contribution in [3.63, 3.8) is 0 Å². The summed E-state index contributed by atoms with van der Waals surface area (Å²) in [4.78, 5) is 16.5. The van der Waals surface area contributed by atoms with E-state index in [4.69, 9.17) is 9.26 Å². The second-order valence-corrected chi connectivity index (χ2v) is 5.51. The molecule has 25 heavy (non-hydrogen) atoms. The van der Waals surface area contributed by atoms with E-state index in [0.29, 0.717) is 11.5 Å². The molecule has 2 aromatic carbocycles. The van der Waals surface area contributed by atoms with Crippen LogP contribution in [0.25, 0.3) is 22.2 Å². The van der Waals surface area contributed by atoms with Gasteiger partial charge in [-0.15, -0.1) is 0 Å². The number of rotatable bonds is 4. The van der Waals surface area contributed by atoms with E-state index in [-0.39, 0.29) is 12.3 Å². The number of ether oxygens (including phenoxy) is 1. The van der Waals surface area contributed by atoms with E-state index in [1.165, 1.54) is 0 Å². The summed E-state index contributed by atoms with van der Waals surface area (Å²) in [6.07, 6.45) is 0. The van der Waals surface area contributed by atoms with Crippen LogP contribution in [0.1, 0.15) is 16.2 Å². The van der Waals surface area contributed by atoms with E-state index >= 15 is 0 Å². The van der Waals surface area contributed by atoms with Gasteiger partial charge in [-0.25, -0.2) is 9.78 Å². The van der Waals surface area contributed by atoms with Crippen LogP contribution in [0.15, 0.2) is 77.3 Å². The van der Waals surface area contributed by atoms with Gasteiger partial charge >= 0.3 is 5.97 Å². The van der Waals surface area contributed by atoms with E-state index in [1.54, 1.807) is 12.1 Å². The number of benzene rings is 2. The number of esters is 1. The highest BCUT2D eigenvalue weighted by molar-refractivity contribution is 5.91. The number of para-hydroxylation sites is 1. The van der Waals surface area contributed by atoms with Crippen molar-refractivity contribution in [1.29, 1.82) is 0 Å². The fraction of sp³-hybridized carbons (Fsp3) is 0.0500. The van der Waals surface area contributed by atoms with Crippen molar-refractivity contribution in [1.82, 2.24) is 10.1 Å². The molecule has 2 aromatic heterocycles. The standard InChI is InChI=1S/C20H14N2O3/c23-20(18-11-10-14-6-4-5-9-17(14)21-18)24-13-16-12-19(25-22-16)15-7-2-1-3-8-15/h1-12H,13H2. The number of carbonyl (C=O) groups excluding carboxylic acids is 1. The third kappa shape index (κ3) is 3.26. The predicted octanol–water partition coefficient (Wildman–Crippen LogP) is 4.25. The van der Waals surface area contributed by atoms with Crippen LogP contribution in [-0.2, 0) is 11.3 Å². The van der Waals surface area contributed by atoms with Crippen LogP contribution in [0.5, 0.6) is 0 Å². The van der Waals surface area contributed by atoms with E-state index in [0.717, 1.165) is 16.5 Å². The van der Waals surface area contributed by atoms with E-state index in [9.17, 15) is 4.79 Å². The minimum Gasteiger partial charge on any atom is -0.454 e. The van der Waals surface area contributed by atoms with Gasteiger partial charge in [-0.2, -0.15) is 0 Å². The maximum atomic E-state index is 12.2. The van der Waals surface area contributed by atoms with Crippen molar-refractivity contribution in [3.05, 3.63) is 84.2 Å². The average molecular weight is 330 g/mol. The Kier molecular flexibility index (Phi) is 3.96. The molecule has 4 aromatic rings. The van der Waals surface area contributed by atoms with Crippen LogP contribution in [-0.4, -0.2) is 16.1 Å². The van der Waals surface area contributed by atoms with Gasteiger partial charge in [0.2, 0.25) is 0 Å². The quantitative estimate of drug-likeness (QED) is 0.523. The number of aromatic nitrogens is 2. The van der Waals surface area contributed by atoms with Gasteiger partial charge in [-0.05, 0) is 12.1 Å². The molecule has 0 spiro atoms. The first kappa shape index (κ1) is 15.1. The Morgan fingerprint density at radius 3 is 2.64 bits per heavy atom. The van der Waals surface area contributed by atoms with E-state index < -0.39 is 5.97 Å². The smallest absolute Gasteiger partial charge is 0.357 e.